The zero-order valence-electron chi connectivity index (χ0n) is 10.5. The van der Waals surface area contributed by atoms with Crippen LogP contribution in [0.3, 0.4) is 0 Å². The molecule has 1 heterocycles. The molecule has 98 valence electrons. The van der Waals surface area contributed by atoms with E-state index in [1.165, 1.54) is 38.3 Å². The number of aromatic nitrogens is 1. The zero-order chi connectivity index (χ0) is 12.8. The van der Waals surface area contributed by atoms with Gasteiger partial charge in [-0.25, -0.2) is 4.79 Å². The minimum absolute atomic E-state index is 0.140. The first-order chi connectivity index (χ1) is 8.77. The Balaban J connectivity index is 1.84. The number of carboxylic acids is 1. The van der Waals surface area contributed by atoms with E-state index < -0.39 is 5.97 Å². The largest absolute Gasteiger partial charge is 0.493 e. The smallest absolute Gasteiger partial charge is 0.341 e. The number of ether oxygens (including phenoxy) is 1. The van der Waals surface area contributed by atoms with Crippen molar-refractivity contribution < 1.29 is 14.6 Å². The molecule has 0 aromatic carbocycles. The van der Waals surface area contributed by atoms with E-state index in [1.807, 2.05) is 0 Å². The molecule has 2 rings (SSSR count). The highest BCUT2D eigenvalue weighted by atomic mass is 16.5. The van der Waals surface area contributed by atoms with Gasteiger partial charge in [-0.1, -0.05) is 32.1 Å². The molecule has 1 saturated carbocycles. The fraction of sp³-hybridized carbons (Fsp3) is 0.571. The van der Waals surface area contributed by atoms with Crippen LogP contribution in [0.4, 0.5) is 0 Å². The molecule has 1 aromatic heterocycles. The summed E-state index contributed by atoms with van der Waals surface area (Å²) in [6, 6.07) is 1.62. The first-order valence-electron chi connectivity index (χ1n) is 6.57. The fourth-order valence-corrected chi connectivity index (χ4v) is 2.48. The molecule has 1 fully saturated rings. The van der Waals surface area contributed by atoms with E-state index in [-0.39, 0.29) is 5.56 Å². The van der Waals surface area contributed by atoms with Crippen LogP contribution < -0.4 is 4.74 Å². The second kappa shape index (κ2) is 6.38. The lowest BCUT2D eigenvalue weighted by atomic mass is 9.87. The molecular formula is C14H19NO3. The summed E-state index contributed by atoms with van der Waals surface area (Å²) in [5.41, 5.74) is 0.140. The maximum atomic E-state index is 11.0. The molecule has 0 unspecified atom stereocenters. The molecule has 0 radical (unpaired) electrons. The van der Waals surface area contributed by atoms with Gasteiger partial charge in [0.05, 0.1) is 6.61 Å². The first kappa shape index (κ1) is 12.9. The van der Waals surface area contributed by atoms with E-state index in [1.54, 1.807) is 12.3 Å². The van der Waals surface area contributed by atoms with Gasteiger partial charge in [-0.2, -0.15) is 0 Å². The topological polar surface area (TPSA) is 59.4 Å². The van der Waals surface area contributed by atoms with Crippen LogP contribution in [0, 0.1) is 5.92 Å². The summed E-state index contributed by atoms with van der Waals surface area (Å²) in [5, 5.41) is 8.99. The third-order valence-corrected chi connectivity index (χ3v) is 3.52. The number of carbonyl (C=O) groups is 1. The van der Waals surface area contributed by atoms with E-state index >= 15 is 0 Å². The third kappa shape index (κ3) is 3.45. The van der Waals surface area contributed by atoms with E-state index in [0.717, 1.165) is 12.3 Å². The number of rotatable bonds is 5. The average Bonchev–Trinajstić information content (AvgIpc) is 2.40. The minimum Gasteiger partial charge on any atom is -0.493 e. The Labute approximate surface area is 107 Å². The summed E-state index contributed by atoms with van der Waals surface area (Å²) in [4.78, 5) is 14.8. The highest BCUT2D eigenvalue weighted by Gasteiger charge is 2.15. The van der Waals surface area contributed by atoms with Gasteiger partial charge in [0.2, 0.25) is 0 Å². The van der Waals surface area contributed by atoms with Gasteiger partial charge in [0.1, 0.15) is 11.3 Å². The standard InChI is InChI=1S/C14H19NO3/c16-14(17)12-10-15-8-6-13(12)18-9-7-11-4-2-1-3-5-11/h6,8,10-11H,1-5,7,9H2,(H,16,17). The second-order valence-electron chi connectivity index (χ2n) is 4.82. The van der Waals surface area contributed by atoms with Gasteiger partial charge < -0.3 is 9.84 Å². The van der Waals surface area contributed by atoms with Gasteiger partial charge in [-0.3, -0.25) is 4.98 Å². The molecule has 4 heteroatoms. The number of aromatic carboxylic acids is 1. The zero-order valence-corrected chi connectivity index (χ0v) is 10.5. The summed E-state index contributed by atoms with van der Waals surface area (Å²) in [6.45, 7) is 0.592. The van der Waals surface area contributed by atoms with Crippen molar-refractivity contribution in [2.24, 2.45) is 5.92 Å². The van der Waals surface area contributed by atoms with Crippen molar-refractivity contribution in [2.75, 3.05) is 6.61 Å². The number of hydrogen-bond donors (Lipinski definition) is 1. The van der Waals surface area contributed by atoms with Gasteiger partial charge in [0, 0.05) is 12.4 Å². The molecule has 0 saturated heterocycles. The van der Waals surface area contributed by atoms with Crippen LogP contribution in [0.2, 0.25) is 0 Å². The molecule has 1 aromatic rings. The molecule has 1 N–H and O–H groups in total. The van der Waals surface area contributed by atoms with E-state index in [4.69, 9.17) is 9.84 Å². The van der Waals surface area contributed by atoms with Crippen LogP contribution in [0.15, 0.2) is 18.5 Å². The Kier molecular flexibility index (Phi) is 4.56. The lowest BCUT2D eigenvalue weighted by molar-refractivity contribution is 0.0691. The van der Waals surface area contributed by atoms with Crippen LogP contribution in [0.5, 0.6) is 5.75 Å². The second-order valence-corrected chi connectivity index (χ2v) is 4.82. The van der Waals surface area contributed by atoms with Crippen molar-refractivity contribution in [1.29, 1.82) is 0 Å². The van der Waals surface area contributed by atoms with Gasteiger partial charge in [-0.05, 0) is 18.4 Å². The molecule has 0 bridgehead atoms. The normalized spacial score (nSPS) is 16.4. The molecule has 0 amide bonds. The SMILES string of the molecule is O=C(O)c1cnccc1OCCC1CCCCC1. The first-order valence-corrected chi connectivity index (χ1v) is 6.57. The Morgan fingerprint density at radius 3 is 2.89 bits per heavy atom. The summed E-state index contributed by atoms with van der Waals surface area (Å²) < 4.78 is 5.58. The molecule has 4 nitrogen and oxygen atoms in total. The number of pyridine rings is 1. The number of carboxylic acid groups (broad SMARTS) is 1. The van der Waals surface area contributed by atoms with E-state index in [2.05, 4.69) is 4.98 Å². The van der Waals surface area contributed by atoms with Gasteiger partial charge >= 0.3 is 5.97 Å². The van der Waals surface area contributed by atoms with E-state index in [9.17, 15) is 4.79 Å². The highest BCUT2D eigenvalue weighted by molar-refractivity contribution is 5.90. The lowest BCUT2D eigenvalue weighted by Crippen LogP contribution is -2.12. The fourth-order valence-electron chi connectivity index (χ4n) is 2.48. The van der Waals surface area contributed by atoms with Crippen molar-refractivity contribution >= 4 is 5.97 Å². The maximum absolute atomic E-state index is 11.0. The Morgan fingerprint density at radius 1 is 1.39 bits per heavy atom. The summed E-state index contributed by atoms with van der Waals surface area (Å²) >= 11 is 0. The number of nitrogens with zero attached hydrogens (tertiary/aromatic N) is 1. The molecule has 0 aliphatic heterocycles. The van der Waals surface area contributed by atoms with Crippen molar-refractivity contribution in [3.63, 3.8) is 0 Å². The molecule has 18 heavy (non-hydrogen) atoms. The quantitative estimate of drug-likeness (QED) is 0.871. The van der Waals surface area contributed by atoms with Crippen LogP contribution in [-0.2, 0) is 0 Å². The van der Waals surface area contributed by atoms with Crippen LogP contribution in [0.1, 0.15) is 48.9 Å². The van der Waals surface area contributed by atoms with Crippen molar-refractivity contribution in [1.82, 2.24) is 4.98 Å². The average molecular weight is 249 g/mol. The van der Waals surface area contributed by atoms with Crippen LogP contribution >= 0.6 is 0 Å². The molecule has 0 atom stereocenters. The molecule has 1 aliphatic rings. The van der Waals surface area contributed by atoms with Gasteiger partial charge in [0.25, 0.3) is 0 Å². The Hall–Kier alpha value is -1.58. The predicted octanol–water partition coefficient (Wildman–Crippen LogP) is 3.13. The predicted molar refractivity (Wildman–Crippen MR) is 67.9 cm³/mol. The lowest BCUT2D eigenvalue weighted by Gasteiger charge is -2.21. The Morgan fingerprint density at radius 2 is 2.17 bits per heavy atom. The summed E-state index contributed by atoms with van der Waals surface area (Å²) in [7, 11) is 0. The molecular weight excluding hydrogens is 230 g/mol. The highest BCUT2D eigenvalue weighted by Crippen LogP contribution is 2.26. The van der Waals surface area contributed by atoms with Crippen molar-refractivity contribution in [3.05, 3.63) is 24.0 Å². The number of hydrogen-bond acceptors (Lipinski definition) is 3. The van der Waals surface area contributed by atoms with Crippen molar-refractivity contribution in [2.45, 2.75) is 38.5 Å². The van der Waals surface area contributed by atoms with Gasteiger partial charge in [-0.15, -0.1) is 0 Å². The van der Waals surface area contributed by atoms with Gasteiger partial charge in [0.15, 0.2) is 0 Å². The minimum atomic E-state index is -0.990. The maximum Gasteiger partial charge on any atom is 0.341 e. The van der Waals surface area contributed by atoms with Crippen LogP contribution in [-0.4, -0.2) is 22.7 Å². The van der Waals surface area contributed by atoms with Crippen molar-refractivity contribution in [3.8, 4) is 5.75 Å². The molecule has 0 spiro atoms. The molecule has 1 aliphatic carbocycles. The van der Waals surface area contributed by atoms with Crippen LogP contribution in [0.25, 0.3) is 0 Å². The monoisotopic (exact) mass is 249 g/mol. The summed E-state index contributed by atoms with van der Waals surface area (Å²) in [5.74, 6) is 0.179. The third-order valence-electron chi connectivity index (χ3n) is 3.52. The Bertz CT molecular complexity index is 400. The van der Waals surface area contributed by atoms with E-state index in [0.29, 0.717) is 12.4 Å². The summed E-state index contributed by atoms with van der Waals surface area (Å²) in [6.07, 6.45) is 10.5.